The number of hydrogen-bond donors (Lipinski definition) is 0. The van der Waals surface area contributed by atoms with Crippen molar-refractivity contribution in [1.82, 2.24) is 9.80 Å². The SMILES string of the molecule is COc1ccc(CC(=O)N2C[C@@H](CN3CCOCC3)[C@@H](c3cccc(C(F)(F)F)c3)C2)cc1. The molecule has 2 aromatic carbocycles. The van der Waals surface area contributed by atoms with Gasteiger partial charge in [0, 0.05) is 38.6 Å². The predicted molar refractivity (Wildman–Crippen MR) is 118 cm³/mol. The van der Waals surface area contributed by atoms with Crippen LogP contribution in [0.3, 0.4) is 0 Å². The summed E-state index contributed by atoms with van der Waals surface area (Å²) in [6.07, 6.45) is -4.14. The minimum absolute atomic E-state index is 0.0124. The number of methoxy groups -OCH3 is 1. The molecular formula is C25H29F3N2O3. The number of rotatable bonds is 6. The van der Waals surface area contributed by atoms with Crippen LogP contribution in [0.25, 0.3) is 0 Å². The molecule has 178 valence electrons. The predicted octanol–water partition coefficient (Wildman–Crippen LogP) is 3.83. The van der Waals surface area contributed by atoms with Crippen LogP contribution in [-0.4, -0.2) is 68.8 Å². The zero-order valence-corrected chi connectivity index (χ0v) is 18.7. The van der Waals surface area contributed by atoms with Crippen LogP contribution in [0.4, 0.5) is 13.2 Å². The first kappa shape index (κ1) is 23.6. The smallest absolute Gasteiger partial charge is 0.416 e. The van der Waals surface area contributed by atoms with Crippen LogP contribution in [0.1, 0.15) is 22.6 Å². The van der Waals surface area contributed by atoms with Crippen LogP contribution in [0.2, 0.25) is 0 Å². The maximum atomic E-state index is 13.3. The summed E-state index contributed by atoms with van der Waals surface area (Å²) in [4.78, 5) is 17.2. The minimum Gasteiger partial charge on any atom is -0.497 e. The Morgan fingerprint density at radius 3 is 2.48 bits per heavy atom. The molecule has 0 saturated carbocycles. The number of benzene rings is 2. The summed E-state index contributed by atoms with van der Waals surface area (Å²) < 4.78 is 50.6. The van der Waals surface area contributed by atoms with Gasteiger partial charge in [-0.25, -0.2) is 0 Å². The van der Waals surface area contributed by atoms with Gasteiger partial charge in [-0.05, 0) is 35.2 Å². The molecule has 2 atom stereocenters. The van der Waals surface area contributed by atoms with Crippen LogP contribution >= 0.6 is 0 Å². The van der Waals surface area contributed by atoms with Gasteiger partial charge in [-0.15, -0.1) is 0 Å². The highest BCUT2D eigenvalue weighted by atomic mass is 19.4. The summed E-state index contributed by atoms with van der Waals surface area (Å²) in [5.41, 5.74) is 0.879. The monoisotopic (exact) mass is 462 g/mol. The van der Waals surface area contributed by atoms with Crippen LogP contribution < -0.4 is 4.74 Å². The third-order valence-corrected chi connectivity index (χ3v) is 6.55. The molecule has 0 bridgehead atoms. The average Bonchev–Trinajstić information content (AvgIpc) is 3.24. The number of halogens is 3. The first-order valence-electron chi connectivity index (χ1n) is 11.2. The van der Waals surface area contributed by atoms with Crippen molar-refractivity contribution in [2.75, 3.05) is 53.0 Å². The number of amides is 1. The molecule has 0 radical (unpaired) electrons. The number of hydrogen-bond acceptors (Lipinski definition) is 4. The molecule has 2 saturated heterocycles. The maximum Gasteiger partial charge on any atom is 0.416 e. The van der Waals surface area contributed by atoms with Gasteiger partial charge < -0.3 is 14.4 Å². The molecule has 0 unspecified atom stereocenters. The summed E-state index contributed by atoms with van der Waals surface area (Å²) in [7, 11) is 1.59. The summed E-state index contributed by atoms with van der Waals surface area (Å²) in [5, 5.41) is 0. The molecule has 1 amide bonds. The fourth-order valence-electron chi connectivity index (χ4n) is 4.73. The van der Waals surface area contributed by atoms with Crippen LogP contribution in [-0.2, 0) is 22.1 Å². The molecule has 0 aliphatic carbocycles. The van der Waals surface area contributed by atoms with E-state index in [0.29, 0.717) is 31.9 Å². The van der Waals surface area contributed by atoms with Crippen LogP contribution in [0.5, 0.6) is 5.75 Å². The van der Waals surface area contributed by atoms with E-state index in [2.05, 4.69) is 4.90 Å². The first-order valence-corrected chi connectivity index (χ1v) is 11.2. The second-order valence-corrected chi connectivity index (χ2v) is 8.73. The van der Waals surface area contributed by atoms with Crippen molar-refractivity contribution in [3.05, 3.63) is 65.2 Å². The Morgan fingerprint density at radius 1 is 1.09 bits per heavy atom. The number of carbonyl (C=O) groups is 1. The highest BCUT2D eigenvalue weighted by Crippen LogP contribution is 2.37. The highest BCUT2D eigenvalue weighted by molar-refractivity contribution is 5.79. The molecule has 5 nitrogen and oxygen atoms in total. The van der Waals surface area contributed by atoms with E-state index in [1.165, 1.54) is 12.1 Å². The van der Waals surface area contributed by atoms with Crippen molar-refractivity contribution in [3.8, 4) is 5.75 Å². The van der Waals surface area contributed by atoms with E-state index in [1.807, 2.05) is 24.3 Å². The molecule has 4 rings (SSSR count). The first-order chi connectivity index (χ1) is 15.8. The molecule has 2 aliphatic rings. The Kier molecular flexibility index (Phi) is 7.24. The van der Waals surface area contributed by atoms with Crippen LogP contribution in [0.15, 0.2) is 48.5 Å². The van der Waals surface area contributed by atoms with Crippen molar-refractivity contribution in [2.45, 2.75) is 18.5 Å². The standard InChI is InChI=1S/C25H29F3N2O3/c1-32-22-7-5-18(6-8-22)13-24(31)30-16-20(15-29-9-11-33-12-10-29)23(17-30)19-3-2-4-21(14-19)25(26,27)28/h2-8,14,20,23H,9-13,15-17H2,1H3/t20-,23-/m1/s1. The molecule has 2 heterocycles. The lowest BCUT2D eigenvalue weighted by molar-refractivity contribution is -0.137. The molecule has 33 heavy (non-hydrogen) atoms. The van der Waals surface area contributed by atoms with Gasteiger partial charge in [0.25, 0.3) is 0 Å². The number of alkyl halides is 3. The molecule has 0 N–H and O–H groups in total. The minimum atomic E-state index is -4.39. The van der Waals surface area contributed by atoms with Crippen molar-refractivity contribution >= 4 is 5.91 Å². The molecule has 2 aliphatic heterocycles. The zero-order valence-electron chi connectivity index (χ0n) is 18.7. The maximum absolute atomic E-state index is 13.3. The van der Waals surface area contributed by atoms with Crippen molar-refractivity contribution < 1.29 is 27.4 Å². The zero-order chi connectivity index (χ0) is 23.4. The Labute approximate surface area is 192 Å². The van der Waals surface area contributed by atoms with E-state index in [-0.39, 0.29) is 24.2 Å². The summed E-state index contributed by atoms with van der Waals surface area (Å²) in [6, 6.07) is 12.9. The van der Waals surface area contributed by atoms with Gasteiger partial charge in [0.1, 0.15) is 5.75 Å². The van der Waals surface area contributed by atoms with E-state index < -0.39 is 11.7 Å². The van der Waals surface area contributed by atoms with Gasteiger partial charge in [-0.1, -0.05) is 30.3 Å². The lowest BCUT2D eigenvalue weighted by Crippen LogP contribution is -2.41. The van der Waals surface area contributed by atoms with E-state index in [9.17, 15) is 18.0 Å². The number of carbonyl (C=O) groups excluding carboxylic acids is 1. The van der Waals surface area contributed by atoms with Gasteiger partial charge >= 0.3 is 6.18 Å². The third kappa shape index (κ3) is 5.86. The normalized spacial score (nSPS) is 21.9. The topological polar surface area (TPSA) is 42.0 Å². The largest absolute Gasteiger partial charge is 0.497 e. The van der Waals surface area contributed by atoms with Gasteiger partial charge in [-0.2, -0.15) is 13.2 Å². The van der Waals surface area contributed by atoms with Crippen molar-refractivity contribution in [1.29, 1.82) is 0 Å². The average molecular weight is 463 g/mol. The van der Waals surface area contributed by atoms with E-state index in [0.717, 1.165) is 37.0 Å². The second kappa shape index (κ2) is 10.1. The Balaban J connectivity index is 1.52. The fraction of sp³-hybridized carbons (Fsp3) is 0.480. The van der Waals surface area contributed by atoms with Crippen molar-refractivity contribution in [3.63, 3.8) is 0 Å². The quantitative estimate of drug-likeness (QED) is 0.655. The Morgan fingerprint density at radius 2 is 1.82 bits per heavy atom. The second-order valence-electron chi connectivity index (χ2n) is 8.73. The molecule has 8 heteroatoms. The molecular weight excluding hydrogens is 433 g/mol. The van der Waals surface area contributed by atoms with Gasteiger partial charge in [0.15, 0.2) is 0 Å². The van der Waals surface area contributed by atoms with E-state index in [4.69, 9.17) is 9.47 Å². The van der Waals surface area contributed by atoms with Crippen molar-refractivity contribution in [2.24, 2.45) is 5.92 Å². The van der Waals surface area contributed by atoms with Crippen LogP contribution in [0, 0.1) is 5.92 Å². The molecule has 0 aromatic heterocycles. The van der Waals surface area contributed by atoms with Gasteiger partial charge in [0.05, 0.1) is 32.3 Å². The number of nitrogens with zero attached hydrogens (tertiary/aromatic N) is 2. The Bertz CT molecular complexity index is 943. The summed E-state index contributed by atoms with van der Waals surface area (Å²) in [6.45, 7) is 4.59. The molecule has 2 fully saturated rings. The number of morpholine rings is 1. The van der Waals surface area contributed by atoms with Gasteiger partial charge in [-0.3, -0.25) is 9.69 Å². The summed E-state index contributed by atoms with van der Waals surface area (Å²) >= 11 is 0. The lowest BCUT2D eigenvalue weighted by Gasteiger charge is -2.31. The summed E-state index contributed by atoms with van der Waals surface area (Å²) in [5.74, 6) is 0.630. The van der Waals surface area contributed by atoms with E-state index >= 15 is 0 Å². The lowest BCUT2D eigenvalue weighted by atomic mass is 9.87. The molecule has 0 spiro atoms. The number of likely N-dealkylation sites (tertiary alicyclic amines) is 1. The fourth-order valence-corrected chi connectivity index (χ4v) is 4.73. The van der Waals surface area contributed by atoms with Gasteiger partial charge in [0.2, 0.25) is 5.91 Å². The Hall–Kier alpha value is -2.58. The van der Waals surface area contributed by atoms with E-state index in [1.54, 1.807) is 18.1 Å². The number of ether oxygens (including phenoxy) is 2. The highest BCUT2D eigenvalue weighted by Gasteiger charge is 2.38. The third-order valence-electron chi connectivity index (χ3n) is 6.55. The molecule has 2 aromatic rings.